The quantitative estimate of drug-likeness (QED) is 0.855. The summed E-state index contributed by atoms with van der Waals surface area (Å²) in [5.41, 5.74) is 9.36. The van der Waals surface area contributed by atoms with Crippen molar-refractivity contribution in [1.29, 1.82) is 0 Å². The van der Waals surface area contributed by atoms with Crippen LogP contribution >= 0.6 is 0 Å². The molecule has 0 bridgehead atoms. The number of pyridine rings is 1. The van der Waals surface area contributed by atoms with E-state index in [1.165, 1.54) is 6.08 Å². The van der Waals surface area contributed by atoms with Gasteiger partial charge in [0.1, 0.15) is 5.82 Å². The first-order valence-corrected chi connectivity index (χ1v) is 6.08. The number of amides is 1. The minimum atomic E-state index is -0.446. The molecule has 2 N–H and O–H groups in total. The summed E-state index contributed by atoms with van der Waals surface area (Å²) in [6, 6.07) is 6.01. The zero-order chi connectivity index (χ0) is 14.0. The minimum Gasteiger partial charge on any atom is -0.366 e. The van der Waals surface area contributed by atoms with Crippen LogP contribution in [0.3, 0.4) is 0 Å². The lowest BCUT2D eigenvalue weighted by Crippen LogP contribution is -2.05. The molecule has 98 valence electrons. The summed E-state index contributed by atoms with van der Waals surface area (Å²) in [5.74, 6) is 0.437. The van der Waals surface area contributed by atoms with Crippen LogP contribution in [0, 0.1) is 20.8 Å². The molecule has 2 aromatic heterocycles. The summed E-state index contributed by atoms with van der Waals surface area (Å²) in [4.78, 5) is 15.2. The maximum absolute atomic E-state index is 10.8. The summed E-state index contributed by atoms with van der Waals surface area (Å²) in [6.07, 6.45) is 4.90. The fraction of sp³-hybridized carbons (Fsp3) is 0.200. The number of aromatic nitrogens is 2. The number of nitrogens with two attached hydrogens (primary N) is 1. The van der Waals surface area contributed by atoms with Gasteiger partial charge in [0.2, 0.25) is 5.91 Å². The standard InChI is InChI=1S/C15H17N3O/c1-10-6-7-17-15(8-10)18-11(2)9-13(12(18)3)4-5-14(16)19/h4-9H,1-3H3,(H2,16,19)/b5-4+. The van der Waals surface area contributed by atoms with Gasteiger partial charge in [0, 0.05) is 23.7 Å². The highest BCUT2D eigenvalue weighted by molar-refractivity contribution is 5.90. The second kappa shape index (κ2) is 5.10. The number of carbonyl (C=O) groups excluding carboxylic acids is 1. The lowest BCUT2D eigenvalue weighted by molar-refractivity contribution is -0.113. The maximum atomic E-state index is 10.8. The molecule has 0 saturated carbocycles. The number of primary amides is 1. The molecule has 0 atom stereocenters. The zero-order valence-corrected chi connectivity index (χ0v) is 11.3. The van der Waals surface area contributed by atoms with Gasteiger partial charge >= 0.3 is 0 Å². The number of hydrogen-bond acceptors (Lipinski definition) is 2. The molecular weight excluding hydrogens is 238 g/mol. The van der Waals surface area contributed by atoms with Gasteiger partial charge in [-0.25, -0.2) is 4.98 Å². The van der Waals surface area contributed by atoms with Gasteiger partial charge in [-0.2, -0.15) is 0 Å². The maximum Gasteiger partial charge on any atom is 0.241 e. The largest absolute Gasteiger partial charge is 0.366 e. The Morgan fingerprint density at radius 1 is 1.32 bits per heavy atom. The third-order valence-corrected chi connectivity index (χ3v) is 3.03. The Hall–Kier alpha value is -2.36. The first-order chi connectivity index (χ1) is 8.99. The highest BCUT2D eigenvalue weighted by Gasteiger charge is 2.09. The van der Waals surface area contributed by atoms with E-state index in [4.69, 9.17) is 5.73 Å². The van der Waals surface area contributed by atoms with E-state index in [2.05, 4.69) is 9.55 Å². The summed E-state index contributed by atoms with van der Waals surface area (Å²) in [7, 11) is 0. The van der Waals surface area contributed by atoms with Crippen LogP contribution in [-0.4, -0.2) is 15.5 Å². The van der Waals surface area contributed by atoms with Gasteiger partial charge in [0.05, 0.1) is 0 Å². The topological polar surface area (TPSA) is 60.9 Å². The predicted octanol–water partition coefficient (Wildman–Crippen LogP) is 2.30. The number of carbonyl (C=O) groups is 1. The van der Waals surface area contributed by atoms with Crippen LogP contribution < -0.4 is 5.73 Å². The van der Waals surface area contributed by atoms with Crippen molar-refractivity contribution in [1.82, 2.24) is 9.55 Å². The summed E-state index contributed by atoms with van der Waals surface area (Å²) in [5, 5.41) is 0. The van der Waals surface area contributed by atoms with Crippen LogP contribution in [0.1, 0.15) is 22.5 Å². The van der Waals surface area contributed by atoms with Crippen LogP contribution in [0.2, 0.25) is 0 Å². The summed E-state index contributed by atoms with van der Waals surface area (Å²) < 4.78 is 2.06. The van der Waals surface area contributed by atoms with E-state index in [0.29, 0.717) is 0 Å². The Morgan fingerprint density at radius 3 is 2.68 bits per heavy atom. The molecule has 0 spiro atoms. The minimum absolute atomic E-state index is 0.446. The molecule has 0 aromatic carbocycles. The van der Waals surface area contributed by atoms with Gasteiger partial charge in [-0.3, -0.25) is 4.79 Å². The lowest BCUT2D eigenvalue weighted by Gasteiger charge is -2.08. The van der Waals surface area contributed by atoms with Crippen LogP contribution in [0.4, 0.5) is 0 Å². The van der Waals surface area contributed by atoms with Crippen molar-refractivity contribution in [3.63, 3.8) is 0 Å². The van der Waals surface area contributed by atoms with Gasteiger partial charge < -0.3 is 10.3 Å². The summed E-state index contributed by atoms with van der Waals surface area (Å²) in [6.45, 7) is 6.05. The van der Waals surface area contributed by atoms with Crippen molar-refractivity contribution in [3.8, 4) is 5.82 Å². The van der Waals surface area contributed by atoms with Crippen molar-refractivity contribution in [2.45, 2.75) is 20.8 Å². The average Bonchev–Trinajstić information content (AvgIpc) is 2.62. The van der Waals surface area contributed by atoms with Gasteiger partial charge in [-0.15, -0.1) is 0 Å². The fourth-order valence-corrected chi connectivity index (χ4v) is 2.12. The molecule has 4 nitrogen and oxygen atoms in total. The molecule has 0 unspecified atom stereocenters. The first kappa shape index (κ1) is 13.1. The van der Waals surface area contributed by atoms with Crippen molar-refractivity contribution in [2.24, 2.45) is 5.73 Å². The molecule has 0 aliphatic rings. The Kier molecular flexibility index (Phi) is 3.51. The first-order valence-electron chi connectivity index (χ1n) is 6.08. The molecular formula is C15H17N3O. The molecule has 2 heterocycles. The van der Waals surface area contributed by atoms with Crippen molar-refractivity contribution < 1.29 is 4.79 Å². The monoisotopic (exact) mass is 255 g/mol. The number of aryl methyl sites for hydroxylation is 2. The van der Waals surface area contributed by atoms with Gasteiger partial charge in [0.15, 0.2) is 0 Å². The number of nitrogens with zero attached hydrogens (tertiary/aromatic N) is 2. The molecule has 0 radical (unpaired) electrons. The fourth-order valence-electron chi connectivity index (χ4n) is 2.12. The van der Waals surface area contributed by atoms with E-state index in [1.54, 1.807) is 12.3 Å². The third kappa shape index (κ3) is 2.73. The van der Waals surface area contributed by atoms with E-state index in [9.17, 15) is 4.79 Å². The SMILES string of the molecule is Cc1ccnc(-n2c(C)cc(/C=C/C(N)=O)c2C)c1. The Labute approximate surface area is 112 Å². The van der Waals surface area contributed by atoms with Crippen LogP contribution in [0.5, 0.6) is 0 Å². The highest BCUT2D eigenvalue weighted by Crippen LogP contribution is 2.21. The Balaban J connectivity index is 2.51. The van der Waals surface area contributed by atoms with Crippen LogP contribution in [0.25, 0.3) is 11.9 Å². The Morgan fingerprint density at radius 2 is 2.05 bits per heavy atom. The molecule has 2 rings (SSSR count). The van der Waals surface area contributed by atoms with Gasteiger partial charge in [0.25, 0.3) is 0 Å². The van der Waals surface area contributed by atoms with Crippen LogP contribution in [-0.2, 0) is 4.79 Å². The predicted molar refractivity (Wildman–Crippen MR) is 76.0 cm³/mol. The lowest BCUT2D eigenvalue weighted by atomic mass is 10.2. The molecule has 2 aromatic rings. The van der Waals surface area contributed by atoms with Crippen molar-refractivity contribution in [2.75, 3.05) is 0 Å². The second-order valence-electron chi connectivity index (χ2n) is 4.59. The Bertz CT molecular complexity index is 653. The van der Waals surface area contributed by atoms with E-state index < -0.39 is 5.91 Å². The van der Waals surface area contributed by atoms with Crippen molar-refractivity contribution in [3.05, 3.63) is 53.0 Å². The van der Waals surface area contributed by atoms with Gasteiger partial charge in [-0.1, -0.05) is 0 Å². The van der Waals surface area contributed by atoms with E-state index >= 15 is 0 Å². The van der Waals surface area contributed by atoms with Crippen LogP contribution in [0.15, 0.2) is 30.5 Å². The molecule has 0 aliphatic heterocycles. The second-order valence-corrected chi connectivity index (χ2v) is 4.59. The molecule has 0 aliphatic carbocycles. The normalized spacial score (nSPS) is 11.1. The van der Waals surface area contributed by atoms with Crippen molar-refractivity contribution >= 4 is 12.0 Å². The van der Waals surface area contributed by atoms with Gasteiger partial charge in [-0.05, 0) is 56.2 Å². The van der Waals surface area contributed by atoms with E-state index in [1.807, 2.05) is 39.0 Å². The zero-order valence-electron chi connectivity index (χ0n) is 11.3. The molecule has 19 heavy (non-hydrogen) atoms. The third-order valence-electron chi connectivity index (χ3n) is 3.03. The van der Waals surface area contributed by atoms with E-state index in [0.717, 1.165) is 28.3 Å². The molecule has 4 heteroatoms. The molecule has 0 saturated heterocycles. The highest BCUT2D eigenvalue weighted by atomic mass is 16.1. The smallest absolute Gasteiger partial charge is 0.241 e. The number of rotatable bonds is 3. The molecule has 1 amide bonds. The summed E-state index contributed by atoms with van der Waals surface area (Å²) >= 11 is 0. The molecule has 0 fully saturated rings. The average molecular weight is 255 g/mol. The van der Waals surface area contributed by atoms with E-state index in [-0.39, 0.29) is 0 Å². The number of hydrogen-bond donors (Lipinski definition) is 1.